The van der Waals surface area contributed by atoms with E-state index in [0.717, 1.165) is 64.3 Å². The maximum absolute atomic E-state index is 12.1. The van der Waals surface area contributed by atoms with Crippen molar-refractivity contribution in [2.24, 2.45) is 5.92 Å². The summed E-state index contributed by atoms with van der Waals surface area (Å²) in [6.45, 7) is 5.21. The normalized spacial score (nSPS) is 17.8. The Labute approximate surface area is 165 Å². The molecule has 1 heterocycles. The van der Waals surface area contributed by atoms with Crippen molar-refractivity contribution in [2.45, 2.75) is 90.5 Å². The molecule has 1 aliphatic rings. The molecular weight excluding hydrogens is 338 g/mol. The van der Waals surface area contributed by atoms with Crippen LogP contribution >= 0.6 is 0 Å². The zero-order chi connectivity index (χ0) is 19.9. The van der Waals surface area contributed by atoms with Crippen molar-refractivity contribution in [3.8, 4) is 11.8 Å². The Morgan fingerprint density at radius 2 is 2.07 bits per heavy atom. The van der Waals surface area contributed by atoms with E-state index >= 15 is 0 Å². The number of allylic oxidation sites excluding steroid dienone is 1. The van der Waals surface area contributed by atoms with Crippen molar-refractivity contribution in [2.75, 3.05) is 13.7 Å². The third-order valence-electron chi connectivity index (χ3n) is 4.98. The summed E-state index contributed by atoms with van der Waals surface area (Å²) in [7, 11) is 1.43. The summed E-state index contributed by atoms with van der Waals surface area (Å²) in [5.74, 6) is 7.16. The molecule has 1 rings (SSSR count). The van der Waals surface area contributed by atoms with E-state index in [0.29, 0.717) is 18.8 Å². The predicted molar refractivity (Wildman–Crippen MR) is 110 cm³/mol. The minimum absolute atomic E-state index is 0.138. The minimum atomic E-state index is -0.138. The Kier molecular flexibility index (Phi) is 12.3. The van der Waals surface area contributed by atoms with Gasteiger partial charge in [-0.2, -0.15) is 0 Å². The van der Waals surface area contributed by atoms with Gasteiger partial charge in [-0.3, -0.25) is 9.59 Å². The number of rotatable bonds is 12. The number of amides is 1. The number of esters is 1. The van der Waals surface area contributed by atoms with Crippen LogP contribution in [0.1, 0.15) is 84.5 Å². The second kappa shape index (κ2) is 14.3. The largest absolute Gasteiger partial charge is 0.469 e. The number of unbranched alkanes of at least 4 members (excludes halogenated alkanes) is 4. The maximum atomic E-state index is 12.1. The molecule has 0 aliphatic carbocycles. The van der Waals surface area contributed by atoms with Crippen LogP contribution < -0.4 is 0 Å². The van der Waals surface area contributed by atoms with Gasteiger partial charge in [0, 0.05) is 32.2 Å². The van der Waals surface area contributed by atoms with Crippen molar-refractivity contribution in [3.05, 3.63) is 12.2 Å². The number of methoxy groups -OCH3 is 1. The molecule has 4 nitrogen and oxygen atoms in total. The predicted octanol–water partition coefficient (Wildman–Crippen LogP) is 4.88. The van der Waals surface area contributed by atoms with Gasteiger partial charge in [-0.1, -0.05) is 38.8 Å². The fourth-order valence-corrected chi connectivity index (χ4v) is 3.26. The molecule has 4 heteroatoms. The monoisotopic (exact) mass is 375 g/mol. The number of carbonyl (C=O) groups is 2. The lowest BCUT2D eigenvalue weighted by atomic mass is 10.0. The van der Waals surface area contributed by atoms with E-state index in [2.05, 4.69) is 42.6 Å². The third-order valence-corrected chi connectivity index (χ3v) is 4.98. The molecule has 0 bridgehead atoms. The molecule has 1 saturated heterocycles. The molecule has 1 fully saturated rings. The standard InChI is InChI=1S/C23H37NO3/c1-4-5-6-9-13-20(2)14-12-15-21-17-18-22(25)24(21)19-11-8-7-10-16-23(26)27-3/h12,15,20-21H,4-5,7-8,10-11,13-14,16-19H2,1-3H3/b15-12+. The molecule has 1 amide bonds. The highest BCUT2D eigenvalue weighted by atomic mass is 16.5. The molecule has 0 aromatic rings. The van der Waals surface area contributed by atoms with Crippen LogP contribution in [0.3, 0.4) is 0 Å². The van der Waals surface area contributed by atoms with Gasteiger partial charge in [-0.15, -0.1) is 11.8 Å². The Bertz CT molecular complexity index is 529. The molecule has 2 atom stereocenters. The number of carbonyl (C=O) groups excluding carboxylic acids is 2. The van der Waals surface area contributed by atoms with Crippen LogP contribution in [-0.4, -0.2) is 36.5 Å². The van der Waals surface area contributed by atoms with E-state index in [4.69, 9.17) is 0 Å². The van der Waals surface area contributed by atoms with E-state index in [-0.39, 0.29) is 17.9 Å². The minimum Gasteiger partial charge on any atom is -0.469 e. The summed E-state index contributed by atoms with van der Waals surface area (Å²) in [5.41, 5.74) is 0. The first-order chi connectivity index (χ1) is 13.1. The van der Waals surface area contributed by atoms with Crippen LogP contribution in [0.4, 0.5) is 0 Å². The summed E-state index contributed by atoms with van der Waals surface area (Å²) in [4.78, 5) is 25.3. The topological polar surface area (TPSA) is 46.6 Å². The highest BCUT2D eigenvalue weighted by Crippen LogP contribution is 2.21. The van der Waals surface area contributed by atoms with E-state index in [1.54, 1.807) is 0 Å². The van der Waals surface area contributed by atoms with Crippen LogP contribution in [0, 0.1) is 17.8 Å². The van der Waals surface area contributed by atoms with Gasteiger partial charge >= 0.3 is 5.97 Å². The number of nitrogens with zero attached hydrogens (tertiary/aromatic N) is 1. The Morgan fingerprint density at radius 1 is 1.30 bits per heavy atom. The quantitative estimate of drug-likeness (QED) is 0.211. The third kappa shape index (κ3) is 10.2. The summed E-state index contributed by atoms with van der Waals surface area (Å²) in [6.07, 6.45) is 14.5. The van der Waals surface area contributed by atoms with Crippen molar-refractivity contribution >= 4 is 11.9 Å². The molecule has 0 saturated carbocycles. The van der Waals surface area contributed by atoms with Gasteiger partial charge < -0.3 is 9.64 Å². The fraction of sp³-hybridized carbons (Fsp3) is 0.739. The van der Waals surface area contributed by atoms with E-state index in [1.165, 1.54) is 7.11 Å². The second-order valence-corrected chi connectivity index (χ2v) is 7.51. The Morgan fingerprint density at radius 3 is 2.81 bits per heavy atom. The van der Waals surface area contributed by atoms with Crippen LogP contribution in [0.2, 0.25) is 0 Å². The summed E-state index contributed by atoms with van der Waals surface area (Å²) < 4.78 is 4.65. The van der Waals surface area contributed by atoms with Crippen molar-refractivity contribution in [1.82, 2.24) is 4.90 Å². The van der Waals surface area contributed by atoms with E-state index < -0.39 is 0 Å². The zero-order valence-corrected chi connectivity index (χ0v) is 17.5. The molecule has 2 unspecified atom stereocenters. The molecule has 0 aromatic carbocycles. The lowest BCUT2D eigenvalue weighted by Crippen LogP contribution is -2.32. The number of ether oxygens (including phenoxy) is 1. The molecule has 0 spiro atoms. The smallest absolute Gasteiger partial charge is 0.305 e. The molecule has 1 aliphatic heterocycles. The highest BCUT2D eigenvalue weighted by Gasteiger charge is 2.28. The van der Waals surface area contributed by atoms with E-state index in [1.807, 2.05) is 4.90 Å². The Hall–Kier alpha value is -1.76. The van der Waals surface area contributed by atoms with Crippen LogP contribution in [0.15, 0.2) is 12.2 Å². The molecule has 27 heavy (non-hydrogen) atoms. The highest BCUT2D eigenvalue weighted by molar-refractivity contribution is 5.79. The summed E-state index contributed by atoms with van der Waals surface area (Å²) in [5, 5.41) is 0. The second-order valence-electron chi connectivity index (χ2n) is 7.51. The number of likely N-dealkylation sites (tertiary alicyclic amines) is 1. The number of hydrogen-bond acceptors (Lipinski definition) is 3. The number of hydrogen-bond donors (Lipinski definition) is 0. The first-order valence-electron chi connectivity index (χ1n) is 10.6. The van der Waals surface area contributed by atoms with Gasteiger partial charge in [0.25, 0.3) is 0 Å². The molecule has 152 valence electrons. The van der Waals surface area contributed by atoms with Gasteiger partial charge in [-0.25, -0.2) is 0 Å². The molecule has 0 aromatic heterocycles. The van der Waals surface area contributed by atoms with Crippen LogP contribution in [-0.2, 0) is 14.3 Å². The van der Waals surface area contributed by atoms with Crippen molar-refractivity contribution in [3.63, 3.8) is 0 Å². The lowest BCUT2D eigenvalue weighted by molar-refractivity contribution is -0.140. The summed E-state index contributed by atoms with van der Waals surface area (Å²) >= 11 is 0. The van der Waals surface area contributed by atoms with Gasteiger partial charge in [0.05, 0.1) is 13.2 Å². The summed E-state index contributed by atoms with van der Waals surface area (Å²) in [6, 6.07) is 0.256. The molecular formula is C23H37NO3. The zero-order valence-electron chi connectivity index (χ0n) is 17.5. The van der Waals surface area contributed by atoms with E-state index in [9.17, 15) is 9.59 Å². The Balaban J connectivity index is 2.26. The first-order valence-corrected chi connectivity index (χ1v) is 10.6. The first kappa shape index (κ1) is 23.3. The van der Waals surface area contributed by atoms with Gasteiger partial charge in [0.15, 0.2) is 0 Å². The van der Waals surface area contributed by atoms with Gasteiger partial charge in [-0.05, 0) is 38.0 Å². The molecule has 0 N–H and O–H groups in total. The SMILES string of the molecule is CCCC#CCC(C)C/C=C/C1CCC(=O)N1CCCCCCC(=O)OC. The van der Waals surface area contributed by atoms with Crippen LogP contribution in [0.25, 0.3) is 0 Å². The van der Waals surface area contributed by atoms with Crippen molar-refractivity contribution in [1.29, 1.82) is 0 Å². The maximum Gasteiger partial charge on any atom is 0.305 e. The molecule has 0 radical (unpaired) electrons. The van der Waals surface area contributed by atoms with Gasteiger partial charge in [0.2, 0.25) is 5.91 Å². The average Bonchev–Trinajstić information content (AvgIpc) is 3.01. The fourth-order valence-electron chi connectivity index (χ4n) is 3.26. The van der Waals surface area contributed by atoms with Gasteiger partial charge in [0.1, 0.15) is 0 Å². The average molecular weight is 376 g/mol. The van der Waals surface area contributed by atoms with Crippen LogP contribution in [0.5, 0.6) is 0 Å². The lowest BCUT2D eigenvalue weighted by Gasteiger charge is -2.22. The van der Waals surface area contributed by atoms with Crippen molar-refractivity contribution < 1.29 is 14.3 Å².